The lowest BCUT2D eigenvalue weighted by atomic mass is 10.0. The molecule has 9 heteroatoms. The number of benzene rings is 2. The molecule has 0 aliphatic carbocycles. The standard InChI is InChI=1S/C19H13ClF3N3O2/c20-12-3-1-2-11-10(7-24-17(11)12)6-14-18(27)26(19(28)25-14)8-9-4-5-13(21)16(23)15(9)22/h1-5,7,14,24H,6,8H2,(H,25,28). The lowest BCUT2D eigenvalue weighted by Gasteiger charge is -2.14. The Kier molecular flexibility index (Phi) is 4.50. The van der Waals surface area contributed by atoms with Gasteiger partial charge in [0.05, 0.1) is 17.1 Å². The van der Waals surface area contributed by atoms with Crippen LogP contribution in [0.15, 0.2) is 36.5 Å². The Morgan fingerprint density at radius 3 is 2.61 bits per heavy atom. The van der Waals surface area contributed by atoms with Gasteiger partial charge in [0.15, 0.2) is 17.5 Å². The van der Waals surface area contributed by atoms with E-state index >= 15 is 0 Å². The lowest BCUT2D eigenvalue weighted by molar-refractivity contribution is -0.127. The second-order valence-electron chi connectivity index (χ2n) is 6.44. The fourth-order valence-electron chi connectivity index (χ4n) is 3.29. The van der Waals surface area contributed by atoms with Crippen LogP contribution in [-0.4, -0.2) is 27.9 Å². The number of H-pyrrole nitrogens is 1. The Hall–Kier alpha value is -3.00. The van der Waals surface area contributed by atoms with Gasteiger partial charge in [0.25, 0.3) is 5.91 Å². The van der Waals surface area contributed by atoms with Crippen molar-refractivity contribution < 1.29 is 22.8 Å². The highest BCUT2D eigenvalue weighted by Crippen LogP contribution is 2.27. The van der Waals surface area contributed by atoms with Crippen molar-refractivity contribution in [2.24, 2.45) is 0 Å². The molecule has 0 bridgehead atoms. The minimum Gasteiger partial charge on any atom is -0.360 e. The third kappa shape index (κ3) is 2.99. The molecule has 3 amide bonds. The Bertz CT molecular complexity index is 1120. The SMILES string of the molecule is O=C1NC(Cc2c[nH]c3c(Cl)cccc23)C(=O)N1Cc1ccc(F)c(F)c1F. The average Bonchev–Trinajstić information content (AvgIpc) is 3.19. The maximum Gasteiger partial charge on any atom is 0.325 e. The highest BCUT2D eigenvalue weighted by Gasteiger charge is 2.38. The van der Waals surface area contributed by atoms with Crippen LogP contribution < -0.4 is 5.32 Å². The van der Waals surface area contributed by atoms with E-state index in [4.69, 9.17) is 11.6 Å². The first-order valence-electron chi connectivity index (χ1n) is 8.35. The van der Waals surface area contributed by atoms with Gasteiger partial charge >= 0.3 is 6.03 Å². The molecule has 2 heterocycles. The van der Waals surface area contributed by atoms with Crippen LogP contribution in [0, 0.1) is 17.5 Å². The van der Waals surface area contributed by atoms with Gasteiger partial charge in [0, 0.05) is 23.6 Å². The van der Waals surface area contributed by atoms with Crippen LogP contribution in [0.5, 0.6) is 0 Å². The number of nitrogens with zero attached hydrogens (tertiary/aromatic N) is 1. The number of carbonyl (C=O) groups is 2. The van der Waals surface area contributed by atoms with Crippen molar-refractivity contribution in [3.63, 3.8) is 0 Å². The number of aromatic amines is 1. The number of amides is 3. The number of halogens is 4. The fourth-order valence-corrected chi connectivity index (χ4v) is 3.52. The van der Waals surface area contributed by atoms with Gasteiger partial charge < -0.3 is 10.3 Å². The number of hydrogen-bond donors (Lipinski definition) is 2. The molecule has 3 aromatic rings. The molecule has 144 valence electrons. The van der Waals surface area contributed by atoms with Gasteiger partial charge in [-0.2, -0.15) is 0 Å². The molecule has 1 fully saturated rings. The molecule has 0 radical (unpaired) electrons. The summed E-state index contributed by atoms with van der Waals surface area (Å²) in [7, 11) is 0. The molecule has 1 aromatic heterocycles. The van der Waals surface area contributed by atoms with Gasteiger partial charge in [-0.25, -0.2) is 18.0 Å². The van der Waals surface area contributed by atoms with E-state index < -0.39 is 42.0 Å². The van der Waals surface area contributed by atoms with E-state index in [1.54, 1.807) is 18.3 Å². The Balaban J connectivity index is 1.56. The van der Waals surface area contributed by atoms with Crippen LogP contribution in [0.1, 0.15) is 11.1 Å². The highest BCUT2D eigenvalue weighted by molar-refractivity contribution is 6.35. The quantitative estimate of drug-likeness (QED) is 0.509. The van der Waals surface area contributed by atoms with Crippen molar-refractivity contribution in [3.05, 3.63) is 70.1 Å². The Morgan fingerprint density at radius 1 is 1.04 bits per heavy atom. The zero-order valence-corrected chi connectivity index (χ0v) is 15.0. The first-order chi connectivity index (χ1) is 13.4. The topological polar surface area (TPSA) is 65.2 Å². The van der Waals surface area contributed by atoms with Gasteiger partial charge in [0.1, 0.15) is 6.04 Å². The molecular formula is C19H13ClF3N3O2. The fraction of sp³-hybridized carbons (Fsp3) is 0.158. The molecule has 1 aliphatic rings. The minimum absolute atomic E-state index is 0.196. The summed E-state index contributed by atoms with van der Waals surface area (Å²) in [5.41, 5.74) is 1.20. The summed E-state index contributed by atoms with van der Waals surface area (Å²) in [4.78, 5) is 28.6. The van der Waals surface area contributed by atoms with Crippen molar-refractivity contribution in [1.82, 2.24) is 15.2 Å². The van der Waals surface area contributed by atoms with Gasteiger partial charge in [-0.15, -0.1) is 0 Å². The van der Waals surface area contributed by atoms with Crippen LogP contribution >= 0.6 is 11.6 Å². The molecule has 0 saturated carbocycles. The van der Waals surface area contributed by atoms with E-state index in [1.807, 2.05) is 6.07 Å². The lowest BCUT2D eigenvalue weighted by Crippen LogP contribution is -2.32. The van der Waals surface area contributed by atoms with Crippen LogP contribution in [0.3, 0.4) is 0 Å². The summed E-state index contributed by atoms with van der Waals surface area (Å²) < 4.78 is 40.4. The number of imide groups is 1. The zero-order valence-electron chi connectivity index (χ0n) is 14.2. The number of hydrogen-bond acceptors (Lipinski definition) is 2. The van der Waals surface area contributed by atoms with Crippen molar-refractivity contribution in [2.45, 2.75) is 19.0 Å². The number of urea groups is 1. The molecule has 1 unspecified atom stereocenters. The number of fused-ring (bicyclic) bond motifs is 1. The highest BCUT2D eigenvalue weighted by atomic mass is 35.5. The first kappa shape index (κ1) is 18.4. The summed E-state index contributed by atoms with van der Waals surface area (Å²) in [5, 5.41) is 3.89. The van der Waals surface area contributed by atoms with E-state index in [1.165, 1.54) is 0 Å². The molecule has 28 heavy (non-hydrogen) atoms. The number of nitrogens with one attached hydrogen (secondary N) is 2. The third-order valence-electron chi connectivity index (χ3n) is 4.72. The third-order valence-corrected chi connectivity index (χ3v) is 5.04. The van der Waals surface area contributed by atoms with Crippen molar-refractivity contribution in [3.8, 4) is 0 Å². The van der Waals surface area contributed by atoms with Crippen LogP contribution in [0.25, 0.3) is 10.9 Å². The van der Waals surface area contributed by atoms with Crippen LogP contribution in [-0.2, 0) is 17.8 Å². The van der Waals surface area contributed by atoms with Gasteiger partial charge in [0.2, 0.25) is 0 Å². The Labute approximate surface area is 162 Å². The van der Waals surface area contributed by atoms with E-state index in [2.05, 4.69) is 10.3 Å². The van der Waals surface area contributed by atoms with Crippen LogP contribution in [0.2, 0.25) is 5.02 Å². The van der Waals surface area contributed by atoms with E-state index in [0.717, 1.165) is 33.5 Å². The van der Waals surface area contributed by atoms with E-state index in [9.17, 15) is 22.8 Å². The second-order valence-corrected chi connectivity index (χ2v) is 6.85. The van der Waals surface area contributed by atoms with E-state index in [-0.39, 0.29) is 12.0 Å². The van der Waals surface area contributed by atoms with Gasteiger partial charge in [-0.05, 0) is 17.7 Å². The normalized spacial score (nSPS) is 16.9. The summed E-state index contributed by atoms with van der Waals surface area (Å²) >= 11 is 6.12. The number of para-hydroxylation sites is 1. The maximum atomic E-state index is 13.9. The van der Waals surface area contributed by atoms with Crippen LogP contribution in [0.4, 0.5) is 18.0 Å². The average molecular weight is 408 g/mol. The second kappa shape index (κ2) is 6.87. The molecule has 1 atom stereocenters. The number of rotatable bonds is 4. The van der Waals surface area contributed by atoms with Crippen molar-refractivity contribution >= 4 is 34.4 Å². The molecule has 5 nitrogen and oxygen atoms in total. The van der Waals surface area contributed by atoms with Crippen molar-refractivity contribution in [2.75, 3.05) is 0 Å². The first-order valence-corrected chi connectivity index (χ1v) is 8.73. The summed E-state index contributed by atoms with van der Waals surface area (Å²) in [6, 6.07) is 5.50. The van der Waals surface area contributed by atoms with Gasteiger partial charge in [-0.1, -0.05) is 29.8 Å². The molecule has 0 spiro atoms. The molecule has 2 aromatic carbocycles. The predicted octanol–water partition coefficient (Wildman–Crippen LogP) is 3.90. The summed E-state index contributed by atoms with van der Waals surface area (Å²) in [6.45, 7) is -0.496. The molecule has 1 aliphatic heterocycles. The number of aromatic nitrogens is 1. The minimum atomic E-state index is -1.64. The molecular weight excluding hydrogens is 395 g/mol. The Morgan fingerprint density at radius 2 is 1.82 bits per heavy atom. The van der Waals surface area contributed by atoms with E-state index in [0.29, 0.717) is 5.02 Å². The predicted molar refractivity (Wildman–Crippen MR) is 96.2 cm³/mol. The molecule has 2 N–H and O–H groups in total. The summed E-state index contributed by atoms with van der Waals surface area (Å²) in [6.07, 6.45) is 1.90. The zero-order chi connectivity index (χ0) is 20.0. The largest absolute Gasteiger partial charge is 0.360 e. The summed E-state index contributed by atoms with van der Waals surface area (Å²) in [5.74, 6) is -4.98. The maximum absolute atomic E-state index is 13.9. The monoisotopic (exact) mass is 407 g/mol. The number of carbonyl (C=O) groups excluding carboxylic acids is 2. The molecule has 1 saturated heterocycles. The van der Waals surface area contributed by atoms with Gasteiger partial charge in [-0.3, -0.25) is 9.69 Å². The smallest absolute Gasteiger partial charge is 0.325 e. The van der Waals surface area contributed by atoms with Crippen molar-refractivity contribution in [1.29, 1.82) is 0 Å². The molecule has 4 rings (SSSR count).